The van der Waals surface area contributed by atoms with Crippen LogP contribution < -0.4 is 5.73 Å². The third-order valence-corrected chi connectivity index (χ3v) is 8.23. The third kappa shape index (κ3) is 6.55. The standard InChI is InChI=1S/C36H42N2/c1-27-19-21-30(22-20-27)35(37)25-36(38(2)26-28-11-5-3-6-12-28)34-18-10-17-33(24-34)32-16-9-15-31(23-32)29-13-7-4-8-14-29/h3-5,7,9-11,13,15-19,21-23,25,27,34,36H,6,8,12,14,20,24,26,37H2,1-2H3/b35-25-/t27-,34?,36?/m0/s1. The van der Waals surface area contributed by atoms with Crippen LogP contribution in [0.2, 0.25) is 0 Å². The number of nitrogens with two attached hydrogens (primary N) is 1. The van der Waals surface area contributed by atoms with E-state index in [0.717, 1.165) is 50.8 Å². The lowest BCUT2D eigenvalue weighted by atomic mass is 9.83. The summed E-state index contributed by atoms with van der Waals surface area (Å²) in [7, 11) is 2.26. The van der Waals surface area contributed by atoms with Gasteiger partial charge in [0, 0.05) is 24.2 Å². The first-order chi connectivity index (χ1) is 18.6. The molecule has 1 aromatic rings. The summed E-state index contributed by atoms with van der Waals surface area (Å²) in [4.78, 5) is 2.50. The van der Waals surface area contributed by atoms with Crippen molar-refractivity contribution >= 4 is 11.1 Å². The van der Waals surface area contributed by atoms with Crippen molar-refractivity contribution in [2.75, 3.05) is 13.6 Å². The van der Waals surface area contributed by atoms with E-state index in [2.05, 4.69) is 122 Å². The van der Waals surface area contributed by atoms with E-state index in [-0.39, 0.29) is 6.04 Å². The van der Waals surface area contributed by atoms with Gasteiger partial charge in [-0.2, -0.15) is 0 Å². The summed E-state index contributed by atoms with van der Waals surface area (Å²) in [6.07, 6.45) is 36.1. The van der Waals surface area contributed by atoms with Crippen LogP contribution in [0.5, 0.6) is 0 Å². The molecule has 0 heterocycles. The fourth-order valence-electron chi connectivity index (χ4n) is 5.92. The van der Waals surface area contributed by atoms with Crippen LogP contribution in [0.4, 0.5) is 0 Å². The van der Waals surface area contributed by atoms with Gasteiger partial charge >= 0.3 is 0 Å². The topological polar surface area (TPSA) is 29.3 Å². The van der Waals surface area contributed by atoms with Crippen LogP contribution in [-0.2, 0) is 0 Å². The Balaban J connectivity index is 1.39. The zero-order valence-corrected chi connectivity index (χ0v) is 23.0. The Labute approximate surface area is 229 Å². The van der Waals surface area contributed by atoms with Crippen LogP contribution in [0.1, 0.15) is 56.6 Å². The van der Waals surface area contributed by atoms with Gasteiger partial charge in [0.05, 0.1) is 0 Å². The predicted octanol–water partition coefficient (Wildman–Crippen LogP) is 8.32. The van der Waals surface area contributed by atoms with E-state index in [1.54, 1.807) is 0 Å². The molecule has 4 aliphatic rings. The molecule has 0 saturated heterocycles. The van der Waals surface area contributed by atoms with E-state index in [1.165, 1.54) is 33.4 Å². The smallest absolute Gasteiger partial charge is 0.0367 e. The summed E-state index contributed by atoms with van der Waals surface area (Å²) >= 11 is 0. The quantitative estimate of drug-likeness (QED) is 0.387. The lowest BCUT2D eigenvalue weighted by Gasteiger charge is -2.34. The maximum atomic E-state index is 6.76. The molecule has 196 valence electrons. The van der Waals surface area contributed by atoms with Crippen molar-refractivity contribution in [3.63, 3.8) is 0 Å². The molecule has 2 nitrogen and oxygen atoms in total. The maximum Gasteiger partial charge on any atom is 0.0367 e. The molecule has 4 aliphatic carbocycles. The number of hydrogen-bond acceptors (Lipinski definition) is 2. The predicted molar refractivity (Wildman–Crippen MR) is 164 cm³/mol. The highest BCUT2D eigenvalue weighted by Gasteiger charge is 2.26. The van der Waals surface area contributed by atoms with E-state index in [0.29, 0.717) is 11.8 Å². The SMILES string of the molecule is C[C@H]1C=CC(/C(N)=C/C(C2C=CC=C(c3cccc(C4=CC=CCC4)c3)C2)N(C)CC2=CC=CCC2)=CC1. The van der Waals surface area contributed by atoms with Crippen molar-refractivity contribution < 1.29 is 0 Å². The zero-order valence-electron chi connectivity index (χ0n) is 23.0. The van der Waals surface area contributed by atoms with Crippen LogP contribution in [0.3, 0.4) is 0 Å². The number of allylic oxidation sites excluding steroid dienone is 13. The second-order valence-corrected chi connectivity index (χ2v) is 11.2. The average molecular weight is 503 g/mol. The highest BCUT2D eigenvalue weighted by atomic mass is 15.1. The largest absolute Gasteiger partial charge is 0.398 e. The molecule has 2 N–H and O–H groups in total. The Morgan fingerprint density at radius 1 is 1.00 bits per heavy atom. The Hall–Kier alpha value is -3.36. The van der Waals surface area contributed by atoms with Gasteiger partial charge in [-0.25, -0.2) is 0 Å². The fourth-order valence-corrected chi connectivity index (χ4v) is 5.92. The highest BCUT2D eigenvalue weighted by Crippen LogP contribution is 2.34. The van der Waals surface area contributed by atoms with Crippen molar-refractivity contribution in [3.8, 4) is 0 Å². The van der Waals surface area contributed by atoms with Crippen molar-refractivity contribution in [2.24, 2.45) is 17.6 Å². The number of rotatable bonds is 8. The zero-order chi connectivity index (χ0) is 26.3. The molecule has 0 aliphatic heterocycles. The minimum absolute atomic E-state index is 0.213. The van der Waals surface area contributed by atoms with E-state index in [4.69, 9.17) is 5.73 Å². The molecule has 0 saturated carbocycles. The van der Waals surface area contributed by atoms with Gasteiger partial charge < -0.3 is 5.73 Å². The second kappa shape index (κ2) is 12.5. The van der Waals surface area contributed by atoms with Gasteiger partial charge in [-0.05, 0) is 91.5 Å². The average Bonchev–Trinajstić information content (AvgIpc) is 2.97. The molecule has 2 heteroatoms. The maximum absolute atomic E-state index is 6.76. The first-order valence-electron chi connectivity index (χ1n) is 14.3. The van der Waals surface area contributed by atoms with Gasteiger partial charge in [-0.1, -0.05) is 104 Å². The van der Waals surface area contributed by atoms with Crippen molar-refractivity contribution in [1.82, 2.24) is 4.90 Å². The Kier molecular flexibility index (Phi) is 8.61. The molecule has 0 amide bonds. The molecule has 0 aromatic heterocycles. The van der Waals surface area contributed by atoms with E-state index in [1.807, 2.05) is 0 Å². The van der Waals surface area contributed by atoms with Crippen LogP contribution in [-0.4, -0.2) is 24.5 Å². The lowest BCUT2D eigenvalue weighted by molar-refractivity contribution is 0.253. The van der Waals surface area contributed by atoms with Gasteiger partial charge in [-0.15, -0.1) is 0 Å². The molecule has 5 rings (SSSR count). The number of benzene rings is 1. The van der Waals surface area contributed by atoms with Crippen molar-refractivity contribution in [3.05, 3.63) is 131 Å². The minimum atomic E-state index is 0.213. The van der Waals surface area contributed by atoms with Crippen LogP contribution in [0, 0.1) is 11.8 Å². The van der Waals surface area contributed by atoms with Gasteiger partial charge in [-0.3, -0.25) is 4.90 Å². The van der Waals surface area contributed by atoms with Crippen LogP contribution in [0.25, 0.3) is 11.1 Å². The summed E-state index contributed by atoms with van der Waals surface area (Å²) in [5, 5.41) is 0. The first kappa shape index (κ1) is 26.3. The van der Waals surface area contributed by atoms with Crippen LogP contribution in [0.15, 0.2) is 120 Å². The second-order valence-electron chi connectivity index (χ2n) is 11.2. The van der Waals surface area contributed by atoms with E-state index >= 15 is 0 Å². The number of likely N-dealkylation sites (N-methyl/N-ethyl adjacent to an activating group) is 1. The fraction of sp³-hybridized carbons (Fsp3) is 0.333. The summed E-state index contributed by atoms with van der Waals surface area (Å²) in [6.45, 7) is 3.22. The monoisotopic (exact) mass is 502 g/mol. The highest BCUT2D eigenvalue weighted by molar-refractivity contribution is 5.75. The number of nitrogens with zero attached hydrogens (tertiary/aromatic N) is 1. The molecule has 1 aromatic carbocycles. The third-order valence-electron chi connectivity index (χ3n) is 8.23. The molecular weight excluding hydrogens is 460 g/mol. The lowest BCUT2D eigenvalue weighted by Crippen LogP contribution is -2.38. The molecule has 0 fully saturated rings. The van der Waals surface area contributed by atoms with Crippen molar-refractivity contribution in [1.29, 1.82) is 0 Å². The summed E-state index contributed by atoms with van der Waals surface area (Å²) < 4.78 is 0. The molecule has 0 radical (unpaired) electrons. The Morgan fingerprint density at radius 2 is 1.76 bits per heavy atom. The first-order valence-corrected chi connectivity index (χ1v) is 14.3. The normalized spacial score (nSPS) is 24.1. The van der Waals surface area contributed by atoms with Gasteiger partial charge in [0.1, 0.15) is 0 Å². The minimum Gasteiger partial charge on any atom is -0.398 e. The summed E-state index contributed by atoms with van der Waals surface area (Å²) in [5.74, 6) is 0.937. The van der Waals surface area contributed by atoms with Gasteiger partial charge in [0.2, 0.25) is 0 Å². The van der Waals surface area contributed by atoms with Crippen molar-refractivity contribution in [2.45, 2.75) is 51.5 Å². The number of hydrogen-bond donors (Lipinski definition) is 1. The van der Waals surface area contributed by atoms with Gasteiger partial charge in [0.25, 0.3) is 0 Å². The summed E-state index contributed by atoms with van der Waals surface area (Å²) in [6, 6.07) is 9.33. The molecule has 2 unspecified atom stereocenters. The molecule has 38 heavy (non-hydrogen) atoms. The Morgan fingerprint density at radius 3 is 2.47 bits per heavy atom. The van der Waals surface area contributed by atoms with Gasteiger partial charge in [0.15, 0.2) is 0 Å². The molecular formula is C36H42N2. The molecule has 0 bridgehead atoms. The molecule has 3 atom stereocenters. The summed E-state index contributed by atoms with van der Waals surface area (Å²) in [5.41, 5.74) is 15.8. The van der Waals surface area contributed by atoms with Crippen LogP contribution >= 0.6 is 0 Å². The molecule has 0 spiro atoms. The van der Waals surface area contributed by atoms with E-state index < -0.39 is 0 Å². The Bertz CT molecular complexity index is 1290. The van der Waals surface area contributed by atoms with E-state index in [9.17, 15) is 0 Å².